The van der Waals surface area contributed by atoms with Crippen molar-refractivity contribution in [2.45, 2.75) is 59.4 Å². The summed E-state index contributed by atoms with van der Waals surface area (Å²) in [6.45, 7) is 8.77. The molecule has 0 radical (unpaired) electrons. The van der Waals surface area contributed by atoms with E-state index in [9.17, 15) is 9.59 Å². The quantitative estimate of drug-likeness (QED) is 0.215. The van der Waals surface area contributed by atoms with Crippen LogP contribution >= 0.6 is 0 Å². The van der Waals surface area contributed by atoms with Gasteiger partial charge >= 0.3 is 0 Å². The smallest absolute Gasteiger partial charge is 0.295 e. The summed E-state index contributed by atoms with van der Waals surface area (Å²) in [5, 5.41) is 0.473. The molecule has 1 amide bonds. The summed E-state index contributed by atoms with van der Waals surface area (Å²) >= 11 is 0. The number of methoxy groups -OCH3 is 1. The maximum absolute atomic E-state index is 14.0. The molecule has 0 fully saturated rings. The van der Waals surface area contributed by atoms with E-state index in [4.69, 9.17) is 13.9 Å². The zero-order chi connectivity index (χ0) is 27.7. The van der Waals surface area contributed by atoms with E-state index in [0.29, 0.717) is 40.3 Å². The highest BCUT2D eigenvalue weighted by atomic mass is 16.5. The minimum Gasteiger partial charge on any atom is -0.493 e. The minimum atomic E-state index is -0.676. The Morgan fingerprint density at radius 3 is 2.33 bits per heavy atom. The number of fused-ring (bicyclic) bond motifs is 2. The molecule has 1 unspecified atom stereocenters. The van der Waals surface area contributed by atoms with E-state index < -0.39 is 6.04 Å². The highest BCUT2D eigenvalue weighted by Crippen LogP contribution is 2.43. The van der Waals surface area contributed by atoms with Gasteiger partial charge in [0.05, 0.1) is 30.7 Å². The van der Waals surface area contributed by atoms with Gasteiger partial charge in [-0.2, -0.15) is 0 Å². The second-order valence-electron chi connectivity index (χ2n) is 10.2. The number of benzene rings is 3. The maximum atomic E-state index is 14.0. The van der Waals surface area contributed by atoms with Crippen LogP contribution in [0.15, 0.2) is 63.8 Å². The predicted molar refractivity (Wildman–Crippen MR) is 154 cm³/mol. The van der Waals surface area contributed by atoms with Crippen molar-refractivity contribution in [3.8, 4) is 11.5 Å². The molecule has 0 saturated carbocycles. The SMILES string of the molecule is CCCCCOc1ccc(C2c3c(oc4cc(C)c(C)cc4c3=O)C(=O)N2c2ccc(CC)cc2)cc1OC. The molecule has 2 heterocycles. The van der Waals surface area contributed by atoms with Crippen molar-refractivity contribution >= 4 is 22.6 Å². The Hall–Kier alpha value is -4.06. The van der Waals surface area contributed by atoms with Crippen LogP contribution in [0.4, 0.5) is 5.69 Å². The standard InChI is InChI=1S/C33H35NO5/c1-6-8-9-16-38-26-15-12-23(19-28(26)37-5)30-29-31(35)25-17-20(3)21(4)18-27(25)39-32(29)33(36)34(30)24-13-10-22(7-2)11-14-24/h10-15,17-19,30H,6-9,16H2,1-5H3. The second kappa shape index (κ2) is 11.0. The van der Waals surface area contributed by atoms with Crippen molar-refractivity contribution in [2.75, 3.05) is 18.6 Å². The highest BCUT2D eigenvalue weighted by molar-refractivity contribution is 6.10. The van der Waals surface area contributed by atoms with E-state index in [1.165, 1.54) is 0 Å². The summed E-state index contributed by atoms with van der Waals surface area (Å²) in [5.74, 6) is 0.940. The first-order valence-electron chi connectivity index (χ1n) is 13.7. The number of anilines is 1. The van der Waals surface area contributed by atoms with Crippen LogP contribution in [0.2, 0.25) is 0 Å². The molecule has 1 aromatic heterocycles. The molecule has 6 nitrogen and oxygen atoms in total. The lowest BCUT2D eigenvalue weighted by atomic mass is 9.96. The van der Waals surface area contributed by atoms with Crippen molar-refractivity contribution in [2.24, 2.45) is 0 Å². The molecule has 4 aromatic rings. The summed E-state index contributed by atoms with van der Waals surface area (Å²) in [4.78, 5) is 29.6. The second-order valence-corrected chi connectivity index (χ2v) is 10.2. The largest absolute Gasteiger partial charge is 0.493 e. The number of hydrogen-bond acceptors (Lipinski definition) is 5. The third kappa shape index (κ3) is 4.80. The number of rotatable bonds is 9. The molecular weight excluding hydrogens is 490 g/mol. The average molecular weight is 526 g/mol. The lowest BCUT2D eigenvalue weighted by Crippen LogP contribution is -2.29. The fourth-order valence-electron chi connectivity index (χ4n) is 5.21. The van der Waals surface area contributed by atoms with E-state index in [2.05, 4.69) is 13.8 Å². The number of ether oxygens (including phenoxy) is 2. The number of aryl methyl sites for hydroxylation is 3. The summed E-state index contributed by atoms with van der Waals surface area (Å²) in [6, 6.07) is 16.5. The van der Waals surface area contributed by atoms with Crippen molar-refractivity contribution in [3.05, 3.63) is 98.4 Å². The van der Waals surface area contributed by atoms with Gasteiger partial charge in [0.2, 0.25) is 5.76 Å². The van der Waals surface area contributed by atoms with Gasteiger partial charge < -0.3 is 13.9 Å². The molecule has 1 aliphatic rings. The number of nitrogens with zero attached hydrogens (tertiary/aromatic N) is 1. The molecule has 6 heteroatoms. The van der Waals surface area contributed by atoms with Gasteiger partial charge in [0, 0.05) is 5.69 Å². The van der Waals surface area contributed by atoms with Crippen LogP contribution in [-0.4, -0.2) is 19.6 Å². The Labute approximate surface area is 229 Å². The van der Waals surface area contributed by atoms with Gasteiger partial charge in [0.15, 0.2) is 16.9 Å². The summed E-state index contributed by atoms with van der Waals surface area (Å²) < 4.78 is 17.9. The lowest BCUT2D eigenvalue weighted by Gasteiger charge is -2.26. The zero-order valence-corrected chi connectivity index (χ0v) is 23.3. The minimum absolute atomic E-state index is 0.0826. The fraction of sp³-hybridized carbons (Fsp3) is 0.333. The van der Waals surface area contributed by atoms with Crippen LogP contribution in [0, 0.1) is 13.8 Å². The molecule has 39 heavy (non-hydrogen) atoms. The van der Waals surface area contributed by atoms with E-state index in [1.54, 1.807) is 12.0 Å². The first-order chi connectivity index (χ1) is 18.9. The average Bonchev–Trinajstić information content (AvgIpc) is 3.24. The van der Waals surface area contributed by atoms with E-state index >= 15 is 0 Å². The summed E-state index contributed by atoms with van der Waals surface area (Å²) in [7, 11) is 1.60. The predicted octanol–water partition coefficient (Wildman–Crippen LogP) is 7.30. The Bertz CT molecular complexity index is 1590. The zero-order valence-electron chi connectivity index (χ0n) is 23.3. The third-order valence-corrected chi connectivity index (χ3v) is 7.62. The van der Waals surface area contributed by atoms with Crippen LogP contribution in [0.3, 0.4) is 0 Å². The van der Waals surface area contributed by atoms with Crippen LogP contribution in [0.5, 0.6) is 11.5 Å². The van der Waals surface area contributed by atoms with Gasteiger partial charge in [0.25, 0.3) is 5.91 Å². The Morgan fingerprint density at radius 1 is 0.897 bits per heavy atom. The van der Waals surface area contributed by atoms with Crippen molar-refractivity contribution in [1.29, 1.82) is 0 Å². The number of carbonyl (C=O) groups is 1. The fourth-order valence-corrected chi connectivity index (χ4v) is 5.21. The number of amides is 1. The molecule has 5 rings (SSSR count). The highest BCUT2D eigenvalue weighted by Gasteiger charge is 2.44. The van der Waals surface area contributed by atoms with Crippen molar-refractivity contribution < 1.29 is 18.7 Å². The molecule has 0 N–H and O–H groups in total. The molecule has 0 aliphatic carbocycles. The Morgan fingerprint density at radius 2 is 1.64 bits per heavy atom. The van der Waals surface area contributed by atoms with E-state index in [1.807, 2.05) is 68.4 Å². The van der Waals surface area contributed by atoms with E-state index in [-0.39, 0.29) is 17.1 Å². The Balaban J connectivity index is 1.68. The molecule has 0 saturated heterocycles. The number of hydrogen-bond donors (Lipinski definition) is 0. The Kier molecular flexibility index (Phi) is 7.47. The first-order valence-corrected chi connectivity index (χ1v) is 13.7. The molecule has 1 atom stereocenters. The summed E-state index contributed by atoms with van der Waals surface area (Å²) in [6.07, 6.45) is 4.05. The van der Waals surface area contributed by atoms with Gasteiger partial charge in [-0.15, -0.1) is 0 Å². The van der Waals surface area contributed by atoms with Crippen LogP contribution in [0.25, 0.3) is 11.0 Å². The van der Waals surface area contributed by atoms with Gasteiger partial charge in [-0.25, -0.2) is 0 Å². The van der Waals surface area contributed by atoms with E-state index in [0.717, 1.165) is 47.9 Å². The maximum Gasteiger partial charge on any atom is 0.295 e. The van der Waals surface area contributed by atoms with Crippen molar-refractivity contribution in [3.63, 3.8) is 0 Å². The molecule has 0 spiro atoms. The number of carbonyl (C=O) groups excluding carboxylic acids is 1. The summed E-state index contributed by atoms with van der Waals surface area (Å²) in [5.41, 5.74) is 5.17. The number of unbranched alkanes of at least 4 members (excludes halogenated alkanes) is 2. The molecule has 1 aliphatic heterocycles. The lowest BCUT2D eigenvalue weighted by molar-refractivity contribution is 0.0971. The topological polar surface area (TPSA) is 69.0 Å². The van der Waals surface area contributed by atoms with Gasteiger partial charge in [0.1, 0.15) is 5.58 Å². The van der Waals surface area contributed by atoms with Crippen LogP contribution in [-0.2, 0) is 6.42 Å². The van der Waals surface area contributed by atoms with Crippen LogP contribution in [0.1, 0.15) is 77.5 Å². The molecular formula is C33H35NO5. The van der Waals surface area contributed by atoms with Gasteiger partial charge in [-0.05, 0) is 85.3 Å². The molecule has 3 aromatic carbocycles. The van der Waals surface area contributed by atoms with Crippen LogP contribution < -0.4 is 19.8 Å². The third-order valence-electron chi connectivity index (χ3n) is 7.62. The first kappa shape index (κ1) is 26.5. The molecule has 202 valence electrons. The monoisotopic (exact) mass is 525 g/mol. The van der Waals surface area contributed by atoms with Crippen molar-refractivity contribution in [1.82, 2.24) is 0 Å². The normalized spacial score (nSPS) is 14.6. The molecule has 0 bridgehead atoms. The van der Waals surface area contributed by atoms with Gasteiger partial charge in [-0.3, -0.25) is 14.5 Å². The van der Waals surface area contributed by atoms with Gasteiger partial charge in [-0.1, -0.05) is 44.9 Å².